The first-order valence-corrected chi connectivity index (χ1v) is 7.50. The van der Waals surface area contributed by atoms with E-state index in [9.17, 15) is 14.4 Å². The molecule has 0 radical (unpaired) electrons. The fourth-order valence-corrected chi connectivity index (χ4v) is 2.89. The Labute approximate surface area is 137 Å². The quantitative estimate of drug-likeness (QED) is 0.808. The molecule has 2 aromatic carbocycles. The summed E-state index contributed by atoms with van der Waals surface area (Å²) in [5, 5.41) is 0.531. The topological polar surface area (TPSA) is 72.9 Å². The molecule has 120 valence electrons. The van der Waals surface area contributed by atoms with E-state index in [-0.39, 0.29) is 17.5 Å². The van der Waals surface area contributed by atoms with E-state index in [0.717, 1.165) is 16.7 Å². The number of carbonyl (C=O) groups is 3. The van der Waals surface area contributed by atoms with Gasteiger partial charge in [-0.3, -0.25) is 9.59 Å². The summed E-state index contributed by atoms with van der Waals surface area (Å²) < 4.78 is 5.33. The molecule has 0 saturated carbocycles. The molecular weight excluding hydrogens is 310 g/mol. The van der Waals surface area contributed by atoms with Crippen molar-refractivity contribution in [3.05, 3.63) is 70.3 Å². The highest BCUT2D eigenvalue weighted by atomic mass is 16.7. The van der Waals surface area contributed by atoms with Crippen LogP contribution in [0.5, 0.6) is 0 Å². The van der Waals surface area contributed by atoms with Gasteiger partial charge >= 0.3 is 5.97 Å². The molecule has 2 aromatic rings. The minimum absolute atomic E-state index is 0.0271. The van der Waals surface area contributed by atoms with Crippen LogP contribution in [0.4, 0.5) is 0 Å². The van der Waals surface area contributed by atoms with Crippen molar-refractivity contribution in [1.82, 2.24) is 5.06 Å². The molecule has 0 fully saturated rings. The van der Waals surface area contributed by atoms with Crippen LogP contribution in [0.2, 0.25) is 0 Å². The van der Waals surface area contributed by atoms with Crippen molar-refractivity contribution in [1.29, 1.82) is 0 Å². The van der Waals surface area contributed by atoms with Crippen molar-refractivity contribution in [2.24, 2.45) is 0 Å². The molecule has 4 rings (SSSR count). The summed E-state index contributed by atoms with van der Waals surface area (Å²) in [6, 6.07) is 12.0. The van der Waals surface area contributed by atoms with Crippen molar-refractivity contribution in [2.75, 3.05) is 0 Å². The van der Waals surface area contributed by atoms with Crippen LogP contribution in [0.25, 0.3) is 0 Å². The maximum Gasteiger partial charge on any atom is 0.337 e. The Bertz CT molecular complexity index is 838. The van der Waals surface area contributed by atoms with Crippen LogP contribution in [0.15, 0.2) is 42.5 Å². The number of amides is 2. The molecule has 2 amide bonds. The molecular formula is C18H13NO5. The van der Waals surface area contributed by atoms with Crippen molar-refractivity contribution in [3.8, 4) is 0 Å². The van der Waals surface area contributed by atoms with Gasteiger partial charge in [0.15, 0.2) is 0 Å². The van der Waals surface area contributed by atoms with E-state index in [4.69, 9.17) is 9.57 Å². The van der Waals surface area contributed by atoms with E-state index in [1.54, 1.807) is 12.1 Å². The summed E-state index contributed by atoms with van der Waals surface area (Å²) in [7, 11) is 0. The SMILES string of the molecule is O=C(Cc1ccc2c(c1)COC2)ON1C(=O)c2ccccc2C1=O. The molecule has 2 aliphatic rings. The number of fused-ring (bicyclic) bond motifs is 2. The molecule has 6 heteroatoms. The second-order valence-electron chi connectivity index (χ2n) is 5.69. The molecule has 0 spiro atoms. The third-order valence-corrected chi connectivity index (χ3v) is 4.08. The number of rotatable bonds is 3. The number of carbonyl (C=O) groups excluding carboxylic acids is 3. The molecule has 0 aliphatic carbocycles. The van der Waals surface area contributed by atoms with Gasteiger partial charge in [0, 0.05) is 0 Å². The van der Waals surface area contributed by atoms with Gasteiger partial charge in [0.05, 0.1) is 30.8 Å². The lowest BCUT2D eigenvalue weighted by molar-refractivity contribution is -0.167. The van der Waals surface area contributed by atoms with Crippen molar-refractivity contribution in [2.45, 2.75) is 19.6 Å². The number of nitrogens with zero attached hydrogens (tertiary/aromatic N) is 1. The lowest BCUT2D eigenvalue weighted by Gasteiger charge is -2.12. The zero-order valence-corrected chi connectivity index (χ0v) is 12.7. The Morgan fingerprint density at radius 1 is 1.00 bits per heavy atom. The summed E-state index contributed by atoms with van der Waals surface area (Å²) in [4.78, 5) is 41.4. The van der Waals surface area contributed by atoms with Crippen LogP contribution in [0, 0.1) is 0 Å². The molecule has 0 saturated heterocycles. The number of hydrogen-bond acceptors (Lipinski definition) is 5. The zero-order chi connectivity index (χ0) is 16.7. The predicted octanol–water partition coefficient (Wildman–Crippen LogP) is 2.01. The summed E-state index contributed by atoms with van der Waals surface area (Å²) in [5.41, 5.74) is 3.38. The molecule has 6 nitrogen and oxygen atoms in total. The summed E-state index contributed by atoms with van der Waals surface area (Å²) >= 11 is 0. The van der Waals surface area contributed by atoms with Crippen LogP contribution < -0.4 is 0 Å². The summed E-state index contributed by atoms with van der Waals surface area (Å²) in [6.45, 7) is 1.10. The van der Waals surface area contributed by atoms with Gasteiger partial charge in [-0.15, -0.1) is 0 Å². The highest BCUT2D eigenvalue weighted by Gasteiger charge is 2.38. The van der Waals surface area contributed by atoms with Crippen LogP contribution in [0.3, 0.4) is 0 Å². The predicted molar refractivity (Wildman–Crippen MR) is 81.7 cm³/mol. The average molecular weight is 323 g/mol. The lowest BCUT2D eigenvalue weighted by Crippen LogP contribution is -2.33. The van der Waals surface area contributed by atoms with Gasteiger partial charge in [0.1, 0.15) is 0 Å². The Kier molecular flexibility index (Phi) is 3.39. The maximum atomic E-state index is 12.2. The molecule has 24 heavy (non-hydrogen) atoms. The van der Waals surface area contributed by atoms with Gasteiger partial charge in [0.2, 0.25) is 0 Å². The number of hydrogen-bond donors (Lipinski definition) is 0. The average Bonchev–Trinajstić information content (AvgIpc) is 3.14. The number of ether oxygens (including phenoxy) is 1. The Morgan fingerprint density at radius 2 is 1.67 bits per heavy atom. The van der Waals surface area contributed by atoms with E-state index in [2.05, 4.69) is 0 Å². The Balaban J connectivity index is 1.47. The first-order valence-electron chi connectivity index (χ1n) is 7.50. The standard InChI is InChI=1S/C18H13NO5/c20-16(8-11-5-6-12-9-23-10-13(12)7-11)24-19-17(21)14-3-1-2-4-15(14)18(19)22/h1-7H,8-10H2. The maximum absolute atomic E-state index is 12.2. The van der Waals surface area contributed by atoms with Gasteiger partial charge in [-0.2, -0.15) is 0 Å². The minimum Gasteiger partial charge on any atom is -0.372 e. The molecule has 2 aliphatic heterocycles. The van der Waals surface area contributed by atoms with E-state index < -0.39 is 17.8 Å². The molecule has 0 unspecified atom stereocenters. The Hall–Kier alpha value is -2.99. The van der Waals surface area contributed by atoms with Gasteiger partial charge in [-0.1, -0.05) is 35.4 Å². The van der Waals surface area contributed by atoms with Crippen molar-refractivity contribution >= 4 is 17.8 Å². The third-order valence-electron chi connectivity index (χ3n) is 4.08. The van der Waals surface area contributed by atoms with E-state index in [0.29, 0.717) is 18.3 Å². The van der Waals surface area contributed by atoms with Crippen LogP contribution in [0.1, 0.15) is 37.4 Å². The van der Waals surface area contributed by atoms with Gasteiger partial charge in [-0.05, 0) is 28.8 Å². The van der Waals surface area contributed by atoms with Gasteiger partial charge in [0.25, 0.3) is 11.8 Å². The highest BCUT2D eigenvalue weighted by molar-refractivity contribution is 6.20. The van der Waals surface area contributed by atoms with E-state index >= 15 is 0 Å². The zero-order valence-electron chi connectivity index (χ0n) is 12.7. The normalized spacial score (nSPS) is 15.4. The largest absolute Gasteiger partial charge is 0.372 e. The van der Waals surface area contributed by atoms with Gasteiger partial charge in [-0.25, -0.2) is 4.79 Å². The number of benzene rings is 2. The smallest absolute Gasteiger partial charge is 0.337 e. The third kappa shape index (κ3) is 2.37. The van der Waals surface area contributed by atoms with Crippen LogP contribution in [-0.2, 0) is 34.0 Å². The fourth-order valence-electron chi connectivity index (χ4n) is 2.89. The minimum atomic E-state index is -0.664. The fraction of sp³-hybridized carbons (Fsp3) is 0.167. The first kappa shape index (κ1) is 14.6. The second kappa shape index (κ2) is 5.58. The Morgan fingerprint density at radius 3 is 2.38 bits per heavy atom. The molecule has 0 aromatic heterocycles. The van der Waals surface area contributed by atoms with Crippen LogP contribution in [-0.4, -0.2) is 22.8 Å². The van der Waals surface area contributed by atoms with Crippen LogP contribution >= 0.6 is 0 Å². The van der Waals surface area contributed by atoms with Gasteiger partial charge < -0.3 is 9.57 Å². The number of hydroxylamine groups is 2. The highest BCUT2D eigenvalue weighted by Crippen LogP contribution is 2.24. The molecule has 0 bridgehead atoms. The second-order valence-corrected chi connectivity index (χ2v) is 5.69. The molecule has 2 heterocycles. The first-order chi connectivity index (χ1) is 11.6. The van der Waals surface area contributed by atoms with E-state index in [1.807, 2.05) is 18.2 Å². The van der Waals surface area contributed by atoms with E-state index in [1.165, 1.54) is 12.1 Å². The monoisotopic (exact) mass is 323 g/mol. The molecule has 0 atom stereocenters. The van der Waals surface area contributed by atoms with Crippen molar-refractivity contribution < 1.29 is 24.0 Å². The summed E-state index contributed by atoms with van der Waals surface area (Å²) in [6.07, 6.45) is -0.0271. The molecule has 0 N–H and O–H groups in total. The lowest BCUT2D eigenvalue weighted by atomic mass is 10.0. The van der Waals surface area contributed by atoms with Crippen molar-refractivity contribution in [3.63, 3.8) is 0 Å². The number of imide groups is 1. The summed E-state index contributed by atoms with van der Waals surface area (Å²) in [5.74, 6) is -1.90.